The van der Waals surface area contributed by atoms with Crippen LogP contribution < -0.4 is 5.32 Å². The number of fused-ring (bicyclic) bond motifs is 1. The average molecular weight is 374 g/mol. The first-order valence-electron chi connectivity index (χ1n) is 7.84. The van der Waals surface area contributed by atoms with Crippen molar-refractivity contribution in [3.8, 4) is 0 Å². The normalized spacial score (nSPS) is 12.2. The van der Waals surface area contributed by atoms with E-state index in [1.807, 2.05) is 43.3 Å². The Kier molecular flexibility index (Phi) is 5.95. The molecule has 1 atom stereocenters. The Hall–Kier alpha value is -2.03. The molecular formula is C17H18N4O2S2. The molecule has 0 saturated carbocycles. The summed E-state index contributed by atoms with van der Waals surface area (Å²) in [4.78, 5) is 17.1. The Morgan fingerprint density at radius 3 is 2.92 bits per heavy atom. The summed E-state index contributed by atoms with van der Waals surface area (Å²) in [5, 5.41) is 13.7. The van der Waals surface area contributed by atoms with E-state index in [0.29, 0.717) is 18.2 Å². The summed E-state index contributed by atoms with van der Waals surface area (Å²) in [5.74, 6) is -0.0948. The molecule has 1 N–H and O–H groups in total. The topological polar surface area (TPSA) is 77.0 Å². The van der Waals surface area contributed by atoms with Gasteiger partial charge in [-0.2, -0.15) is 0 Å². The van der Waals surface area contributed by atoms with Crippen LogP contribution in [0.2, 0.25) is 0 Å². The van der Waals surface area contributed by atoms with Crippen LogP contribution in [0, 0.1) is 0 Å². The van der Waals surface area contributed by atoms with E-state index in [-0.39, 0.29) is 11.2 Å². The van der Waals surface area contributed by atoms with Gasteiger partial charge in [0.05, 0.1) is 15.8 Å². The van der Waals surface area contributed by atoms with Crippen molar-refractivity contribution in [2.75, 3.05) is 12.4 Å². The number of pyridine rings is 1. The van der Waals surface area contributed by atoms with E-state index in [2.05, 4.69) is 20.5 Å². The van der Waals surface area contributed by atoms with E-state index in [1.165, 1.54) is 23.1 Å². The number of nitrogens with zero attached hydrogens (tertiary/aromatic N) is 3. The molecule has 8 heteroatoms. The van der Waals surface area contributed by atoms with Crippen LogP contribution in [0.5, 0.6) is 0 Å². The van der Waals surface area contributed by atoms with Crippen LogP contribution in [0.3, 0.4) is 0 Å². The van der Waals surface area contributed by atoms with Crippen LogP contribution in [-0.4, -0.2) is 33.4 Å². The molecule has 0 saturated heterocycles. The van der Waals surface area contributed by atoms with E-state index < -0.39 is 0 Å². The van der Waals surface area contributed by atoms with Crippen LogP contribution in [0.15, 0.2) is 41.4 Å². The first-order valence-corrected chi connectivity index (χ1v) is 9.54. The van der Waals surface area contributed by atoms with Crippen LogP contribution in [0.25, 0.3) is 10.9 Å². The van der Waals surface area contributed by atoms with Crippen molar-refractivity contribution in [3.63, 3.8) is 0 Å². The number of hydrogen-bond donors (Lipinski definition) is 1. The molecule has 2 aromatic heterocycles. The summed E-state index contributed by atoms with van der Waals surface area (Å²) in [7, 11) is 1.60. The molecule has 1 unspecified atom stereocenters. The largest absolute Gasteiger partial charge is 0.377 e. The maximum absolute atomic E-state index is 12.5. The number of hydrogen-bond acceptors (Lipinski definition) is 7. The predicted molar refractivity (Wildman–Crippen MR) is 101 cm³/mol. The van der Waals surface area contributed by atoms with Crippen molar-refractivity contribution in [1.82, 2.24) is 15.2 Å². The number of rotatable bonds is 7. The zero-order valence-electron chi connectivity index (χ0n) is 13.9. The number of carbonyl (C=O) groups excluding carboxylic acids is 1. The second-order valence-corrected chi connectivity index (χ2v) is 7.57. The first-order chi connectivity index (χ1) is 12.2. The molecule has 0 fully saturated rings. The lowest BCUT2D eigenvalue weighted by Crippen LogP contribution is -2.24. The van der Waals surface area contributed by atoms with Gasteiger partial charge in [0.1, 0.15) is 11.6 Å². The molecule has 0 radical (unpaired) electrons. The van der Waals surface area contributed by atoms with E-state index >= 15 is 0 Å². The Bertz CT molecular complexity index is 868. The minimum atomic E-state index is -0.247. The monoisotopic (exact) mass is 374 g/mol. The van der Waals surface area contributed by atoms with E-state index in [9.17, 15) is 4.79 Å². The van der Waals surface area contributed by atoms with Crippen molar-refractivity contribution in [3.05, 3.63) is 41.4 Å². The van der Waals surface area contributed by atoms with E-state index in [0.717, 1.165) is 20.9 Å². The lowest BCUT2D eigenvalue weighted by Gasteiger charge is -2.13. The molecule has 0 aliphatic carbocycles. The second kappa shape index (κ2) is 8.37. The Morgan fingerprint density at radius 1 is 1.28 bits per heavy atom. The molecule has 0 bridgehead atoms. The highest BCUT2D eigenvalue weighted by Gasteiger charge is 2.20. The predicted octanol–water partition coefficient (Wildman–Crippen LogP) is 3.74. The van der Waals surface area contributed by atoms with Gasteiger partial charge in [-0.3, -0.25) is 10.1 Å². The number of carbonyl (C=O) groups is 1. The molecule has 0 aliphatic rings. The summed E-state index contributed by atoms with van der Waals surface area (Å²) in [5.41, 5.74) is 0.927. The molecule has 3 rings (SSSR count). The van der Waals surface area contributed by atoms with E-state index in [4.69, 9.17) is 4.74 Å². The lowest BCUT2D eigenvalue weighted by molar-refractivity contribution is -0.115. The summed E-state index contributed by atoms with van der Waals surface area (Å²) in [6, 6.07) is 11.9. The van der Waals surface area contributed by atoms with Crippen molar-refractivity contribution in [2.24, 2.45) is 0 Å². The fraction of sp³-hybridized carbons (Fsp3) is 0.294. The van der Waals surface area contributed by atoms with E-state index in [1.54, 1.807) is 7.11 Å². The number of para-hydroxylation sites is 1. The van der Waals surface area contributed by atoms with Gasteiger partial charge >= 0.3 is 0 Å². The zero-order valence-corrected chi connectivity index (χ0v) is 15.6. The molecule has 130 valence electrons. The van der Waals surface area contributed by atoms with Crippen LogP contribution in [0.1, 0.15) is 18.4 Å². The highest BCUT2D eigenvalue weighted by atomic mass is 32.2. The molecule has 6 nitrogen and oxygen atoms in total. The van der Waals surface area contributed by atoms with Crippen molar-refractivity contribution in [2.45, 2.75) is 30.2 Å². The quantitative estimate of drug-likeness (QED) is 0.635. The molecule has 0 aliphatic heterocycles. The van der Waals surface area contributed by atoms with Crippen molar-refractivity contribution < 1.29 is 9.53 Å². The van der Waals surface area contributed by atoms with Crippen LogP contribution in [0.4, 0.5) is 5.13 Å². The fourth-order valence-corrected chi connectivity index (χ4v) is 3.89. The Balaban J connectivity index is 1.68. The average Bonchev–Trinajstić information content (AvgIpc) is 3.06. The standard InChI is InChI=1S/C17H18N4O2S2/c1-3-13(16(22)19-17-21-20-15(25-17)10-23-2)24-14-9-8-11-6-4-5-7-12(11)18-14/h4-9,13H,3,10H2,1-2H3,(H,19,21,22). The summed E-state index contributed by atoms with van der Waals surface area (Å²) >= 11 is 2.77. The summed E-state index contributed by atoms with van der Waals surface area (Å²) < 4.78 is 5.01. The van der Waals surface area contributed by atoms with Gasteiger partial charge in [0.2, 0.25) is 11.0 Å². The number of amides is 1. The third kappa shape index (κ3) is 4.53. The van der Waals surface area contributed by atoms with Gasteiger partial charge in [0.25, 0.3) is 0 Å². The Morgan fingerprint density at radius 2 is 2.12 bits per heavy atom. The van der Waals surface area contributed by atoms with Gasteiger partial charge in [-0.1, -0.05) is 54.3 Å². The van der Waals surface area contributed by atoms with Gasteiger partial charge in [-0.15, -0.1) is 10.2 Å². The SMILES string of the molecule is CCC(Sc1ccc2ccccc2n1)C(=O)Nc1nnc(COC)s1. The van der Waals surface area contributed by atoms with Gasteiger partial charge in [-0.25, -0.2) is 4.98 Å². The number of methoxy groups -OCH3 is 1. The highest BCUT2D eigenvalue weighted by molar-refractivity contribution is 8.00. The number of nitrogens with one attached hydrogen (secondary N) is 1. The minimum Gasteiger partial charge on any atom is -0.377 e. The molecule has 25 heavy (non-hydrogen) atoms. The third-order valence-corrected chi connectivity index (χ3v) is 5.58. The number of ether oxygens (including phenoxy) is 1. The number of anilines is 1. The van der Waals surface area contributed by atoms with Crippen molar-refractivity contribution >= 4 is 45.0 Å². The lowest BCUT2D eigenvalue weighted by atomic mass is 10.2. The third-order valence-electron chi connectivity index (χ3n) is 3.46. The van der Waals surface area contributed by atoms with Gasteiger partial charge < -0.3 is 4.74 Å². The van der Waals surface area contributed by atoms with Crippen LogP contribution in [-0.2, 0) is 16.1 Å². The number of thioether (sulfide) groups is 1. The number of benzene rings is 1. The molecule has 3 aromatic rings. The molecule has 0 spiro atoms. The second-order valence-electron chi connectivity index (χ2n) is 5.28. The van der Waals surface area contributed by atoms with Crippen molar-refractivity contribution in [1.29, 1.82) is 0 Å². The van der Waals surface area contributed by atoms with Crippen LogP contribution >= 0.6 is 23.1 Å². The molecule has 2 heterocycles. The highest BCUT2D eigenvalue weighted by Crippen LogP contribution is 2.27. The first kappa shape index (κ1) is 17.8. The maximum atomic E-state index is 12.5. The minimum absolute atomic E-state index is 0.0948. The smallest absolute Gasteiger partial charge is 0.239 e. The van der Waals surface area contributed by atoms with Gasteiger partial charge in [0.15, 0.2) is 0 Å². The van der Waals surface area contributed by atoms with Gasteiger partial charge in [-0.05, 0) is 18.6 Å². The summed E-state index contributed by atoms with van der Waals surface area (Å²) in [6.45, 7) is 2.37. The van der Waals surface area contributed by atoms with Gasteiger partial charge in [0, 0.05) is 12.5 Å². The number of aromatic nitrogens is 3. The Labute approximate surface area is 154 Å². The molecular weight excluding hydrogens is 356 g/mol. The maximum Gasteiger partial charge on any atom is 0.239 e. The molecule has 1 amide bonds. The fourth-order valence-electron chi connectivity index (χ4n) is 2.25. The molecule has 1 aromatic carbocycles. The summed E-state index contributed by atoms with van der Waals surface area (Å²) in [6.07, 6.45) is 0.689. The zero-order chi connectivity index (χ0) is 17.6.